The summed E-state index contributed by atoms with van der Waals surface area (Å²) in [4.78, 5) is 39.0. The molecule has 1 fully saturated rings. The fourth-order valence-electron chi connectivity index (χ4n) is 5.03. The van der Waals surface area contributed by atoms with Gasteiger partial charge >= 0.3 is 12.1 Å². The minimum Gasteiger partial charge on any atom is -0.481 e. The number of nitrogens with zero attached hydrogens (tertiary/aromatic N) is 1. The van der Waals surface area contributed by atoms with Gasteiger partial charge in [-0.15, -0.1) is 0 Å². The lowest BCUT2D eigenvalue weighted by atomic mass is 9.72. The maximum atomic E-state index is 13.3. The molecule has 0 bridgehead atoms. The van der Waals surface area contributed by atoms with Gasteiger partial charge in [0.1, 0.15) is 6.61 Å². The molecule has 1 saturated carbocycles. The zero-order chi connectivity index (χ0) is 25.5. The Morgan fingerprint density at radius 2 is 1.49 bits per heavy atom. The van der Waals surface area contributed by atoms with Gasteiger partial charge in [0.05, 0.1) is 16.9 Å². The molecule has 2 N–H and O–H groups in total. The smallest absolute Gasteiger partial charge is 0.407 e. The van der Waals surface area contributed by atoms with Gasteiger partial charge in [-0.3, -0.25) is 9.59 Å². The fraction of sp³-hybridized carbons (Fsp3) is 0.464. The molecular weight excluding hydrogens is 444 g/mol. The normalized spacial score (nSPS) is 19.2. The minimum absolute atomic E-state index is 0.0437. The monoisotopic (exact) mass is 478 g/mol. The Hall–Kier alpha value is -3.35. The number of carbonyl (C=O) groups is 3. The van der Waals surface area contributed by atoms with E-state index in [-0.39, 0.29) is 24.5 Å². The molecule has 2 aliphatic rings. The van der Waals surface area contributed by atoms with E-state index in [1.54, 1.807) is 39.6 Å². The first kappa shape index (κ1) is 24.8. The molecule has 2 aliphatic carbocycles. The Kier molecular flexibility index (Phi) is 6.38. The van der Waals surface area contributed by atoms with Crippen molar-refractivity contribution in [2.75, 3.05) is 13.7 Å². The topological polar surface area (TPSA) is 95.9 Å². The van der Waals surface area contributed by atoms with Crippen LogP contribution in [0.4, 0.5) is 4.79 Å². The van der Waals surface area contributed by atoms with E-state index in [9.17, 15) is 14.4 Å². The van der Waals surface area contributed by atoms with E-state index in [0.29, 0.717) is 12.8 Å². The third kappa shape index (κ3) is 4.40. The summed E-state index contributed by atoms with van der Waals surface area (Å²) < 4.78 is 5.69. The van der Waals surface area contributed by atoms with Gasteiger partial charge in [0.15, 0.2) is 0 Å². The lowest BCUT2D eigenvalue weighted by Crippen LogP contribution is -2.62. The predicted molar refractivity (Wildman–Crippen MR) is 133 cm³/mol. The van der Waals surface area contributed by atoms with E-state index >= 15 is 0 Å². The molecule has 0 atom stereocenters. The van der Waals surface area contributed by atoms with Crippen molar-refractivity contribution in [3.63, 3.8) is 0 Å². The van der Waals surface area contributed by atoms with Crippen LogP contribution < -0.4 is 5.32 Å². The number of ether oxygens (including phenoxy) is 1. The van der Waals surface area contributed by atoms with Gasteiger partial charge in [0.2, 0.25) is 5.91 Å². The quantitative estimate of drug-likeness (QED) is 0.604. The van der Waals surface area contributed by atoms with Gasteiger partial charge in [-0.05, 0) is 62.8 Å². The van der Waals surface area contributed by atoms with E-state index in [4.69, 9.17) is 9.84 Å². The molecule has 0 radical (unpaired) electrons. The maximum absolute atomic E-state index is 13.3. The SMILES string of the molecule is CN(C(=O)C(C)(C)C(C)(C)NC(=O)OCC1c2ccccc2-c2ccccc21)C1CC(C(=O)O)C1. The summed E-state index contributed by atoms with van der Waals surface area (Å²) in [6.07, 6.45) is 0.330. The number of rotatable bonds is 7. The van der Waals surface area contributed by atoms with Crippen LogP contribution in [0.25, 0.3) is 11.1 Å². The summed E-state index contributed by atoms with van der Waals surface area (Å²) >= 11 is 0. The Morgan fingerprint density at radius 1 is 0.971 bits per heavy atom. The number of hydrogen-bond donors (Lipinski definition) is 2. The van der Waals surface area contributed by atoms with Crippen LogP contribution >= 0.6 is 0 Å². The summed E-state index contributed by atoms with van der Waals surface area (Å²) in [5, 5.41) is 12.0. The average Bonchev–Trinajstić information content (AvgIpc) is 3.09. The molecule has 0 unspecified atom stereocenters. The molecule has 186 valence electrons. The highest BCUT2D eigenvalue weighted by Crippen LogP contribution is 2.44. The first-order valence-electron chi connectivity index (χ1n) is 12.1. The summed E-state index contributed by atoms with van der Waals surface area (Å²) in [7, 11) is 1.70. The molecular formula is C28H34N2O5. The van der Waals surface area contributed by atoms with Crippen molar-refractivity contribution in [2.45, 2.75) is 58.0 Å². The average molecular weight is 479 g/mol. The Balaban J connectivity index is 1.39. The van der Waals surface area contributed by atoms with Crippen molar-refractivity contribution >= 4 is 18.0 Å². The van der Waals surface area contributed by atoms with E-state index in [1.165, 1.54) is 0 Å². The van der Waals surface area contributed by atoms with E-state index < -0.39 is 28.9 Å². The van der Waals surface area contributed by atoms with Crippen LogP contribution in [0.2, 0.25) is 0 Å². The molecule has 7 nitrogen and oxygen atoms in total. The first-order valence-corrected chi connectivity index (χ1v) is 12.1. The molecule has 2 aromatic rings. The maximum Gasteiger partial charge on any atom is 0.407 e. The van der Waals surface area contributed by atoms with Crippen molar-refractivity contribution in [1.29, 1.82) is 0 Å². The Bertz CT molecular complexity index is 1100. The van der Waals surface area contributed by atoms with Gasteiger partial charge in [-0.1, -0.05) is 48.5 Å². The van der Waals surface area contributed by atoms with E-state index in [2.05, 4.69) is 29.6 Å². The van der Waals surface area contributed by atoms with Crippen LogP contribution in [0.3, 0.4) is 0 Å². The van der Waals surface area contributed by atoms with Crippen LogP contribution in [0.1, 0.15) is 57.6 Å². The van der Waals surface area contributed by atoms with Crippen LogP contribution in [0.15, 0.2) is 48.5 Å². The molecule has 0 spiro atoms. The third-order valence-electron chi connectivity index (χ3n) is 8.19. The van der Waals surface area contributed by atoms with Crippen molar-refractivity contribution in [3.8, 4) is 11.1 Å². The highest BCUT2D eigenvalue weighted by Gasteiger charge is 2.49. The second-order valence-electron chi connectivity index (χ2n) is 10.8. The number of carbonyl (C=O) groups excluding carboxylic acids is 2. The number of alkyl carbamates (subject to hydrolysis) is 1. The number of carboxylic acid groups (broad SMARTS) is 1. The van der Waals surface area contributed by atoms with E-state index in [0.717, 1.165) is 22.3 Å². The van der Waals surface area contributed by atoms with Crippen molar-refractivity contribution in [1.82, 2.24) is 10.2 Å². The van der Waals surface area contributed by atoms with Crippen LogP contribution in [0.5, 0.6) is 0 Å². The molecule has 35 heavy (non-hydrogen) atoms. The highest BCUT2D eigenvalue weighted by atomic mass is 16.5. The highest BCUT2D eigenvalue weighted by molar-refractivity contribution is 5.85. The van der Waals surface area contributed by atoms with Crippen LogP contribution in [-0.2, 0) is 14.3 Å². The van der Waals surface area contributed by atoms with Crippen LogP contribution in [-0.4, -0.2) is 53.2 Å². The fourth-order valence-corrected chi connectivity index (χ4v) is 5.03. The third-order valence-corrected chi connectivity index (χ3v) is 8.19. The molecule has 0 heterocycles. The minimum atomic E-state index is -0.943. The van der Waals surface area contributed by atoms with Gasteiger partial charge in [0.25, 0.3) is 0 Å². The first-order chi connectivity index (χ1) is 16.4. The predicted octanol–water partition coefficient (Wildman–Crippen LogP) is 4.65. The summed E-state index contributed by atoms with van der Waals surface area (Å²) in [6, 6.07) is 16.2. The molecule has 0 saturated heterocycles. The number of carboxylic acids is 1. The zero-order valence-electron chi connectivity index (χ0n) is 21.0. The number of aliphatic carboxylic acids is 1. The summed E-state index contributed by atoms with van der Waals surface area (Å²) in [5.41, 5.74) is 2.75. The number of benzene rings is 2. The number of amides is 2. The standard InChI is InChI=1S/C28H34N2O5/c1-27(2,25(33)30(5)18-14-17(15-18)24(31)32)28(3,4)29-26(34)35-16-23-21-12-8-6-10-19(21)20-11-7-9-13-22(20)23/h6-13,17-18,23H,14-16H2,1-5H3,(H,29,34)(H,31,32). The molecule has 2 aromatic carbocycles. The second kappa shape index (κ2) is 9.02. The molecule has 4 rings (SSSR count). The van der Waals surface area contributed by atoms with Gasteiger partial charge in [-0.25, -0.2) is 4.79 Å². The van der Waals surface area contributed by atoms with Crippen molar-refractivity contribution in [3.05, 3.63) is 59.7 Å². The summed E-state index contributed by atoms with van der Waals surface area (Å²) in [5.74, 6) is -1.41. The Labute approximate surface area is 206 Å². The van der Waals surface area contributed by atoms with Crippen molar-refractivity contribution < 1.29 is 24.2 Å². The molecule has 7 heteroatoms. The molecule has 0 aromatic heterocycles. The van der Waals surface area contributed by atoms with Crippen molar-refractivity contribution in [2.24, 2.45) is 11.3 Å². The Morgan fingerprint density at radius 3 is 2.00 bits per heavy atom. The lowest BCUT2D eigenvalue weighted by molar-refractivity contribution is -0.155. The van der Waals surface area contributed by atoms with Gasteiger partial charge in [-0.2, -0.15) is 0 Å². The number of fused-ring (bicyclic) bond motifs is 3. The largest absolute Gasteiger partial charge is 0.481 e. The van der Waals surface area contributed by atoms with Gasteiger partial charge < -0.3 is 20.1 Å². The number of hydrogen-bond acceptors (Lipinski definition) is 4. The zero-order valence-corrected chi connectivity index (χ0v) is 21.0. The van der Waals surface area contributed by atoms with E-state index in [1.807, 2.05) is 24.3 Å². The summed E-state index contributed by atoms with van der Waals surface area (Å²) in [6.45, 7) is 7.40. The van der Waals surface area contributed by atoms with Crippen LogP contribution in [0, 0.1) is 11.3 Å². The molecule has 2 amide bonds. The number of nitrogens with one attached hydrogen (secondary N) is 1. The van der Waals surface area contributed by atoms with Gasteiger partial charge in [0, 0.05) is 19.0 Å². The lowest BCUT2D eigenvalue weighted by Gasteiger charge is -2.46. The molecule has 0 aliphatic heterocycles. The second-order valence-corrected chi connectivity index (χ2v) is 10.8.